The Morgan fingerprint density at radius 3 is 2.55 bits per heavy atom. The molecule has 150 valence electrons. The lowest BCUT2D eigenvalue weighted by atomic mass is 10.2. The van der Waals surface area contributed by atoms with Crippen LogP contribution in [0.1, 0.15) is 26.6 Å². The van der Waals surface area contributed by atoms with E-state index in [4.69, 9.17) is 4.98 Å². The molecular weight excluding hydrogens is 382 g/mol. The minimum Gasteiger partial charge on any atom is -0.309 e. The van der Waals surface area contributed by atoms with Gasteiger partial charge in [-0.2, -0.15) is 0 Å². The van der Waals surface area contributed by atoms with Crippen LogP contribution in [0.25, 0.3) is 21.9 Å². The molecule has 0 saturated heterocycles. The first-order chi connectivity index (χ1) is 14.0. The summed E-state index contributed by atoms with van der Waals surface area (Å²) < 4.78 is 2.25. The number of fused-ring (bicyclic) bond motifs is 2. The Kier molecular flexibility index (Phi) is 5.69. The molecule has 6 nitrogen and oxygen atoms in total. The van der Waals surface area contributed by atoms with E-state index in [0.717, 1.165) is 28.3 Å². The lowest BCUT2D eigenvalue weighted by Gasteiger charge is -2.22. The number of para-hydroxylation sites is 3. The Balaban J connectivity index is 1.65. The summed E-state index contributed by atoms with van der Waals surface area (Å²) in [6, 6.07) is 15.7. The second-order valence-corrected chi connectivity index (χ2v) is 8.84. The topological polar surface area (TPSA) is 66.8 Å². The van der Waals surface area contributed by atoms with Crippen LogP contribution in [-0.2, 0) is 13.2 Å². The van der Waals surface area contributed by atoms with Gasteiger partial charge < -0.3 is 9.55 Å². The Labute approximate surface area is 174 Å². The maximum absolute atomic E-state index is 12.4. The van der Waals surface area contributed by atoms with Gasteiger partial charge >= 0.3 is 0 Å². The van der Waals surface area contributed by atoms with E-state index in [2.05, 4.69) is 52.3 Å². The third-order valence-corrected chi connectivity index (χ3v) is 5.78. The van der Waals surface area contributed by atoms with Gasteiger partial charge in [-0.25, -0.2) is 9.97 Å². The summed E-state index contributed by atoms with van der Waals surface area (Å²) in [7, 11) is 0. The molecule has 2 aromatic carbocycles. The molecule has 0 radical (unpaired) electrons. The van der Waals surface area contributed by atoms with Crippen LogP contribution in [0.15, 0.2) is 58.5 Å². The van der Waals surface area contributed by atoms with Crippen molar-refractivity contribution in [2.45, 2.75) is 44.4 Å². The fraction of sp³-hybridized carbons (Fsp3) is 0.318. The van der Waals surface area contributed by atoms with Crippen LogP contribution in [0.2, 0.25) is 0 Å². The first-order valence-corrected chi connectivity index (χ1v) is 10.8. The zero-order valence-corrected chi connectivity index (χ0v) is 17.7. The molecule has 0 aliphatic heterocycles. The van der Waals surface area contributed by atoms with E-state index in [0.29, 0.717) is 29.7 Å². The highest BCUT2D eigenvalue weighted by molar-refractivity contribution is 7.99. The molecule has 4 rings (SSSR count). The van der Waals surface area contributed by atoms with Crippen molar-refractivity contribution in [2.24, 2.45) is 0 Å². The van der Waals surface area contributed by atoms with Crippen LogP contribution < -0.4 is 5.56 Å². The third-order valence-electron chi connectivity index (χ3n) is 4.78. The molecule has 2 aromatic heterocycles. The van der Waals surface area contributed by atoms with Gasteiger partial charge in [-0.1, -0.05) is 56.8 Å². The van der Waals surface area contributed by atoms with Gasteiger partial charge in [0.2, 0.25) is 0 Å². The predicted octanol–water partition coefficient (Wildman–Crippen LogP) is 4.25. The first kappa shape index (κ1) is 19.7. The van der Waals surface area contributed by atoms with Crippen molar-refractivity contribution in [1.29, 1.82) is 0 Å². The van der Waals surface area contributed by atoms with Crippen molar-refractivity contribution in [3.8, 4) is 0 Å². The summed E-state index contributed by atoms with van der Waals surface area (Å²) in [5.41, 5.74) is 2.76. The number of rotatable bonds is 7. The number of nitrogens with one attached hydrogen (secondary N) is 1. The van der Waals surface area contributed by atoms with Crippen LogP contribution in [-0.4, -0.2) is 36.2 Å². The van der Waals surface area contributed by atoms with Gasteiger partial charge in [0, 0.05) is 5.25 Å². The lowest BCUT2D eigenvalue weighted by molar-refractivity contribution is 0.211. The number of aromatic nitrogens is 4. The number of benzene rings is 2. The maximum Gasteiger partial charge on any atom is 0.258 e. The fourth-order valence-corrected chi connectivity index (χ4v) is 4.23. The fourth-order valence-electron chi connectivity index (χ4n) is 3.37. The molecule has 0 aliphatic rings. The molecule has 0 atom stereocenters. The van der Waals surface area contributed by atoms with Crippen molar-refractivity contribution in [1.82, 2.24) is 24.4 Å². The van der Waals surface area contributed by atoms with E-state index in [9.17, 15) is 4.79 Å². The number of hydrogen-bond acceptors (Lipinski definition) is 5. The molecule has 2 heterocycles. The number of hydrogen-bond donors (Lipinski definition) is 1. The van der Waals surface area contributed by atoms with Gasteiger partial charge in [0.15, 0.2) is 5.16 Å². The lowest BCUT2D eigenvalue weighted by Crippen LogP contribution is -2.28. The number of H-pyrrole nitrogens is 1. The second-order valence-electron chi connectivity index (χ2n) is 7.29. The molecule has 29 heavy (non-hydrogen) atoms. The van der Waals surface area contributed by atoms with Crippen LogP contribution in [0.3, 0.4) is 0 Å². The average molecular weight is 408 g/mol. The summed E-state index contributed by atoms with van der Waals surface area (Å²) in [5, 5.41) is 2.08. The molecule has 0 fully saturated rings. The summed E-state index contributed by atoms with van der Waals surface area (Å²) in [6.45, 7) is 8.55. The Morgan fingerprint density at radius 1 is 1.07 bits per heavy atom. The van der Waals surface area contributed by atoms with Gasteiger partial charge in [-0.05, 0) is 30.8 Å². The molecule has 4 aromatic rings. The quantitative estimate of drug-likeness (QED) is 0.464. The minimum atomic E-state index is -0.0919. The zero-order chi connectivity index (χ0) is 20.4. The number of imidazole rings is 1. The largest absolute Gasteiger partial charge is 0.309 e. The number of aromatic amines is 1. The Hall–Kier alpha value is -2.64. The predicted molar refractivity (Wildman–Crippen MR) is 119 cm³/mol. The summed E-state index contributed by atoms with van der Waals surface area (Å²) in [5.74, 6) is 0.679. The van der Waals surface area contributed by atoms with Gasteiger partial charge in [0.05, 0.1) is 35.1 Å². The summed E-state index contributed by atoms with van der Waals surface area (Å²) in [6.07, 6.45) is 0. The van der Waals surface area contributed by atoms with Crippen LogP contribution in [0, 0.1) is 0 Å². The van der Waals surface area contributed by atoms with Crippen LogP contribution in [0.4, 0.5) is 0 Å². The van der Waals surface area contributed by atoms with Gasteiger partial charge in [0.1, 0.15) is 5.82 Å². The van der Waals surface area contributed by atoms with Crippen molar-refractivity contribution in [3.05, 3.63) is 64.7 Å². The van der Waals surface area contributed by atoms with Crippen molar-refractivity contribution in [2.75, 3.05) is 6.54 Å². The van der Waals surface area contributed by atoms with E-state index >= 15 is 0 Å². The number of nitrogens with zero attached hydrogens (tertiary/aromatic N) is 4. The molecule has 0 unspecified atom stereocenters. The average Bonchev–Trinajstić information content (AvgIpc) is 3.04. The smallest absolute Gasteiger partial charge is 0.258 e. The molecule has 0 spiro atoms. The van der Waals surface area contributed by atoms with Crippen molar-refractivity contribution >= 4 is 33.7 Å². The monoisotopic (exact) mass is 407 g/mol. The van der Waals surface area contributed by atoms with E-state index in [-0.39, 0.29) is 5.56 Å². The van der Waals surface area contributed by atoms with E-state index in [1.165, 1.54) is 0 Å². The normalized spacial score (nSPS) is 11.9. The summed E-state index contributed by atoms with van der Waals surface area (Å²) >= 11 is 1.77. The maximum atomic E-state index is 12.4. The van der Waals surface area contributed by atoms with Gasteiger partial charge in [-0.3, -0.25) is 9.69 Å². The van der Waals surface area contributed by atoms with Gasteiger partial charge in [-0.15, -0.1) is 0 Å². The molecule has 0 bridgehead atoms. The molecule has 0 aliphatic carbocycles. The van der Waals surface area contributed by atoms with Crippen molar-refractivity contribution < 1.29 is 0 Å². The first-order valence-electron chi connectivity index (χ1n) is 9.87. The van der Waals surface area contributed by atoms with E-state index in [1.54, 1.807) is 17.8 Å². The highest BCUT2D eigenvalue weighted by atomic mass is 32.2. The second kappa shape index (κ2) is 8.39. The Morgan fingerprint density at radius 2 is 1.79 bits per heavy atom. The number of thioether (sulfide) groups is 1. The standard InChI is InChI=1S/C22H25N5OS/c1-4-26(13-20-23-17-10-6-5-9-16(17)21(28)25-20)14-27-19-12-8-7-11-18(19)24-22(27)29-15(2)3/h5-12,15H,4,13-14H2,1-3H3,(H,23,25,28). The van der Waals surface area contributed by atoms with E-state index in [1.807, 2.05) is 30.3 Å². The molecule has 0 amide bonds. The molecule has 0 saturated carbocycles. The molecule has 1 N–H and O–H groups in total. The summed E-state index contributed by atoms with van der Waals surface area (Å²) in [4.78, 5) is 27.1. The van der Waals surface area contributed by atoms with Crippen LogP contribution in [0.5, 0.6) is 0 Å². The molecule has 7 heteroatoms. The SMILES string of the molecule is CCN(Cc1nc2ccccc2c(=O)[nH]1)Cn1c(SC(C)C)nc2ccccc21. The van der Waals surface area contributed by atoms with Gasteiger partial charge in [0.25, 0.3) is 5.56 Å². The van der Waals surface area contributed by atoms with Crippen molar-refractivity contribution in [3.63, 3.8) is 0 Å². The molecular formula is C22H25N5OS. The third kappa shape index (κ3) is 4.21. The van der Waals surface area contributed by atoms with Crippen LogP contribution >= 0.6 is 11.8 Å². The Bertz CT molecular complexity index is 1200. The van der Waals surface area contributed by atoms with E-state index < -0.39 is 0 Å². The highest BCUT2D eigenvalue weighted by Crippen LogP contribution is 2.27. The zero-order valence-electron chi connectivity index (χ0n) is 16.9. The minimum absolute atomic E-state index is 0.0919. The highest BCUT2D eigenvalue weighted by Gasteiger charge is 2.16.